The van der Waals surface area contributed by atoms with Crippen molar-refractivity contribution in [3.05, 3.63) is 18.2 Å². The van der Waals surface area contributed by atoms with Crippen molar-refractivity contribution in [1.82, 2.24) is 5.32 Å². The molecular weight excluding hydrogens is 224 g/mol. The molecule has 0 unspecified atom stereocenters. The summed E-state index contributed by atoms with van der Waals surface area (Å²) in [7, 11) is 0. The van der Waals surface area contributed by atoms with Crippen LogP contribution in [0.25, 0.3) is 0 Å². The molecule has 0 saturated carbocycles. The summed E-state index contributed by atoms with van der Waals surface area (Å²) in [6, 6.07) is 4.48. The minimum Gasteiger partial charge on any atom is -0.454 e. The summed E-state index contributed by atoms with van der Waals surface area (Å²) in [5.74, 6) is 1.28. The van der Waals surface area contributed by atoms with Gasteiger partial charge in [0.25, 0.3) is 0 Å². The molecule has 0 radical (unpaired) electrons. The van der Waals surface area contributed by atoms with Gasteiger partial charge in [-0.05, 0) is 19.1 Å². The smallest absolute Gasteiger partial charge is 0.319 e. The molecule has 0 fully saturated rings. The highest BCUT2D eigenvalue weighted by molar-refractivity contribution is 5.89. The zero-order chi connectivity index (χ0) is 12.3. The minimum atomic E-state index is -0.370. The number of nitrogens with one attached hydrogen (secondary N) is 2. The highest BCUT2D eigenvalue weighted by atomic mass is 16.7. The molecule has 1 heterocycles. The standard InChI is InChI=1S/C11H14N2O4/c1-7(5-14)12-11(15)13-8-2-3-9-10(4-8)17-6-16-9/h2-4,7,14H,5-6H2,1H3,(H2,12,13,15)/t7-/m1/s1. The number of carbonyl (C=O) groups is 1. The number of aliphatic hydroxyl groups is 1. The van der Waals surface area contributed by atoms with Gasteiger partial charge in [-0.15, -0.1) is 0 Å². The number of ether oxygens (including phenoxy) is 2. The van der Waals surface area contributed by atoms with Crippen LogP contribution in [0.5, 0.6) is 11.5 Å². The lowest BCUT2D eigenvalue weighted by Crippen LogP contribution is -2.38. The van der Waals surface area contributed by atoms with Gasteiger partial charge in [-0.2, -0.15) is 0 Å². The average molecular weight is 238 g/mol. The van der Waals surface area contributed by atoms with Crippen LogP contribution in [0.3, 0.4) is 0 Å². The third-order valence-electron chi connectivity index (χ3n) is 2.28. The van der Waals surface area contributed by atoms with Gasteiger partial charge in [0.2, 0.25) is 6.79 Å². The molecule has 0 spiro atoms. The molecule has 0 bridgehead atoms. The van der Waals surface area contributed by atoms with Gasteiger partial charge in [0.15, 0.2) is 11.5 Å². The Labute approximate surface area is 98.5 Å². The number of benzene rings is 1. The van der Waals surface area contributed by atoms with Gasteiger partial charge < -0.3 is 25.2 Å². The molecule has 2 rings (SSSR count). The van der Waals surface area contributed by atoms with Gasteiger partial charge >= 0.3 is 6.03 Å². The number of hydrogen-bond donors (Lipinski definition) is 3. The largest absolute Gasteiger partial charge is 0.454 e. The SMILES string of the molecule is C[C@H](CO)NC(=O)Nc1ccc2c(c1)OCO2. The molecule has 1 aliphatic rings. The molecular formula is C11H14N2O4. The number of amides is 2. The molecule has 1 aromatic carbocycles. The summed E-state index contributed by atoms with van der Waals surface area (Å²) < 4.78 is 10.3. The van der Waals surface area contributed by atoms with Crippen molar-refractivity contribution in [2.24, 2.45) is 0 Å². The second kappa shape index (κ2) is 4.92. The molecule has 6 heteroatoms. The van der Waals surface area contributed by atoms with Crippen molar-refractivity contribution in [2.45, 2.75) is 13.0 Å². The number of aliphatic hydroxyl groups excluding tert-OH is 1. The normalized spacial score (nSPS) is 14.2. The summed E-state index contributed by atoms with van der Waals surface area (Å²) in [6.45, 7) is 1.81. The fourth-order valence-electron chi connectivity index (χ4n) is 1.41. The first-order valence-corrected chi connectivity index (χ1v) is 5.27. The number of anilines is 1. The molecule has 6 nitrogen and oxygen atoms in total. The lowest BCUT2D eigenvalue weighted by molar-refractivity contribution is 0.174. The van der Waals surface area contributed by atoms with Gasteiger partial charge in [-0.25, -0.2) is 4.79 Å². The van der Waals surface area contributed by atoms with Crippen LogP contribution in [0, 0.1) is 0 Å². The molecule has 0 aromatic heterocycles. The molecule has 3 N–H and O–H groups in total. The maximum absolute atomic E-state index is 11.5. The first-order valence-electron chi connectivity index (χ1n) is 5.27. The van der Waals surface area contributed by atoms with Gasteiger partial charge in [0, 0.05) is 11.8 Å². The van der Waals surface area contributed by atoms with E-state index in [2.05, 4.69) is 10.6 Å². The molecule has 92 valence electrons. The van der Waals surface area contributed by atoms with E-state index in [1.54, 1.807) is 25.1 Å². The van der Waals surface area contributed by atoms with Crippen LogP contribution in [0.2, 0.25) is 0 Å². The van der Waals surface area contributed by atoms with E-state index in [9.17, 15) is 4.79 Å². The maximum Gasteiger partial charge on any atom is 0.319 e. The Morgan fingerprint density at radius 3 is 3.00 bits per heavy atom. The van der Waals surface area contributed by atoms with E-state index >= 15 is 0 Å². The van der Waals surface area contributed by atoms with E-state index in [0.717, 1.165) is 0 Å². The summed E-state index contributed by atoms with van der Waals surface area (Å²) in [5.41, 5.74) is 0.608. The van der Waals surface area contributed by atoms with Crippen LogP contribution < -0.4 is 20.1 Å². The van der Waals surface area contributed by atoms with Gasteiger partial charge in [-0.3, -0.25) is 0 Å². The van der Waals surface area contributed by atoms with Crippen LogP contribution in [-0.2, 0) is 0 Å². The van der Waals surface area contributed by atoms with Crippen LogP contribution in [-0.4, -0.2) is 30.6 Å². The van der Waals surface area contributed by atoms with Gasteiger partial charge in [-0.1, -0.05) is 0 Å². The van der Waals surface area contributed by atoms with Gasteiger partial charge in [0.1, 0.15) is 0 Å². The summed E-state index contributed by atoms with van der Waals surface area (Å²) >= 11 is 0. The minimum absolute atomic E-state index is 0.103. The second-order valence-electron chi connectivity index (χ2n) is 3.75. The van der Waals surface area contributed by atoms with Crippen molar-refractivity contribution in [1.29, 1.82) is 0 Å². The molecule has 0 saturated heterocycles. The van der Waals surface area contributed by atoms with Crippen LogP contribution in [0.1, 0.15) is 6.92 Å². The number of carbonyl (C=O) groups excluding carboxylic acids is 1. The first-order chi connectivity index (χ1) is 8.19. The summed E-state index contributed by atoms with van der Waals surface area (Å²) in [4.78, 5) is 11.5. The van der Waals surface area contributed by atoms with E-state index in [1.165, 1.54) is 0 Å². The quantitative estimate of drug-likeness (QED) is 0.731. The van der Waals surface area contributed by atoms with E-state index in [-0.39, 0.29) is 25.5 Å². The van der Waals surface area contributed by atoms with Crippen molar-refractivity contribution in [3.8, 4) is 11.5 Å². The van der Waals surface area contributed by atoms with E-state index in [1.807, 2.05) is 0 Å². The van der Waals surface area contributed by atoms with Crippen LogP contribution >= 0.6 is 0 Å². The lowest BCUT2D eigenvalue weighted by atomic mass is 10.3. The first kappa shape index (κ1) is 11.5. The monoisotopic (exact) mass is 238 g/mol. The number of fused-ring (bicyclic) bond motifs is 1. The third-order valence-corrected chi connectivity index (χ3v) is 2.28. The Hall–Kier alpha value is -1.95. The highest BCUT2D eigenvalue weighted by Crippen LogP contribution is 2.34. The Morgan fingerprint density at radius 1 is 1.47 bits per heavy atom. The molecule has 1 aromatic rings. The van der Waals surface area contributed by atoms with Crippen LogP contribution in [0.15, 0.2) is 18.2 Å². The Bertz CT molecular complexity index is 422. The number of rotatable bonds is 3. The lowest BCUT2D eigenvalue weighted by Gasteiger charge is -2.12. The Morgan fingerprint density at radius 2 is 2.24 bits per heavy atom. The summed E-state index contributed by atoms with van der Waals surface area (Å²) in [5, 5.41) is 14.0. The molecule has 2 amide bonds. The number of hydrogen-bond acceptors (Lipinski definition) is 4. The molecule has 0 aliphatic carbocycles. The summed E-state index contributed by atoms with van der Waals surface area (Å²) in [6.07, 6.45) is 0. The zero-order valence-corrected chi connectivity index (χ0v) is 9.40. The van der Waals surface area contributed by atoms with Crippen LogP contribution in [0.4, 0.5) is 10.5 Å². The van der Waals surface area contributed by atoms with E-state index < -0.39 is 0 Å². The molecule has 1 atom stereocenters. The topological polar surface area (TPSA) is 79.8 Å². The second-order valence-corrected chi connectivity index (χ2v) is 3.75. The molecule has 17 heavy (non-hydrogen) atoms. The third kappa shape index (κ3) is 2.79. The Kier molecular flexibility index (Phi) is 3.34. The predicted molar refractivity (Wildman–Crippen MR) is 61.3 cm³/mol. The number of urea groups is 1. The molecule has 1 aliphatic heterocycles. The Balaban J connectivity index is 1.97. The fourth-order valence-corrected chi connectivity index (χ4v) is 1.41. The van der Waals surface area contributed by atoms with Gasteiger partial charge in [0.05, 0.1) is 12.6 Å². The van der Waals surface area contributed by atoms with Crippen molar-refractivity contribution < 1.29 is 19.4 Å². The van der Waals surface area contributed by atoms with E-state index in [4.69, 9.17) is 14.6 Å². The predicted octanol–water partition coefficient (Wildman–Crippen LogP) is 0.918. The maximum atomic E-state index is 11.5. The average Bonchev–Trinajstić information content (AvgIpc) is 2.75. The van der Waals surface area contributed by atoms with E-state index in [0.29, 0.717) is 17.2 Å². The zero-order valence-electron chi connectivity index (χ0n) is 9.40. The van der Waals surface area contributed by atoms with Crippen molar-refractivity contribution >= 4 is 11.7 Å². The van der Waals surface area contributed by atoms with Crippen molar-refractivity contribution in [3.63, 3.8) is 0 Å². The fraction of sp³-hybridized carbons (Fsp3) is 0.364. The van der Waals surface area contributed by atoms with Crippen molar-refractivity contribution in [2.75, 3.05) is 18.7 Å². The highest BCUT2D eigenvalue weighted by Gasteiger charge is 2.14.